The predicted molar refractivity (Wildman–Crippen MR) is 98.1 cm³/mol. The lowest BCUT2D eigenvalue weighted by atomic mass is 9.63. The van der Waals surface area contributed by atoms with Gasteiger partial charge in [0.15, 0.2) is 0 Å². The van der Waals surface area contributed by atoms with E-state index in [2.05, 4.69) is 6.07 Å². The maximum absolute atomic E-state index is 12.5. The summed E-state index contributed by atoms with van der Waals surface area (Å²) in [6, 6.07) is 11.9. The first-order valence-corrected chi connectivity index (χ1v) is 9.35. The Morgan fingerprint density at radius 2 is 2.04 bits per heavy atom. The molecule has 1 saturated carbocycles. The van der Waals surface area contributed by atoms with Crippen LogP contribution in [0.4, 0.5) is 4.79 Å². The van der Waals surface area contributed by atoms with Crippen LogP contribution in [0.5, 0.6) is 0 Å². The van der Waals surface area contributed by atoms with Crippen LogP contribution in [-0.2, 0) is 10.3 Å². The summed E-state index contributed by atoms with van der Waals surface area (Å²) in [4.78, 5) is 14.3. The van der Waals surface area contributed by atoms with Crippen molar-refractivity contribution in [1.29, 1.82) is 5.26 Å². The lowest BCUT2D eigenvalue weighted by molar-refractivity contribution is -0.0830. The molecule has 0 radical (unpaired) electrons. The zero-order valence-corrected chi connectivity index (χ0v) is 15.8. The van der Waals surface area contributed by atoms with Crippen molar-refractivity contribution in [2.24, 2.45) is 17.8 Å². The molecule has 0 bridgehead atoms. The van der Waals surface area contributed by atoms with Crippen LogP contribution < -0.4 is 0 Å². The first-order valence-electron chi connectivity index (χ1n) is 9.35. The summed E-state index contributed by atoms with van der Waals surface area (Å²) < 4.78 is 5.53. The second-order valence-corrected chi connectivity index (χ2v) is 8.71. The lowest BCUT2D eigenvalue weighted by Gasteiger charge is -2.44. The van der Waals surface area contributed by atoms with Crippen LogP contribution in [0.2, 0.25) is 0 Å². The minimum Gasteiger partial charge on any atom is -0.444 e. The monoisotopic (exact) mass is 356 g/mol. The van der Waals surface area contributed by atoms with Crippen LogP contribution in [0, 0.1) is 29.1 Å². The number of carbonyl (C=O) groups excluding carboxylic acids is 1. The van der Waals surface area contributed by atoms with Crippen molar-refractivity contribution in [3.8, 4) is 6.07 Å². The molecule has 2 aliphatic rings. The Morgan fingerprint density at radius 1 is 1.35 bits per heavy atom. The van der Waals surface area contributed by atoms with E-state index in [1.54, 1.807) is 4.90 Å². The summed E-state index contributed by atoms with van der Waals surface area (Å²) in [6.07, 6.45) is 1.55. The molecule has 140 valence electrons. The summed E-state index contributed by atoms with van der Waals surface area (Å²) in [7, 11) is 0. The van der Waals surface area contributed by atoms with Crippen LogP contribution in [0.25, 0.3) is 0 Å². The van der Waals surface area contributed by atoms with Gasteiger partial charge in [-0.2, -0.15) is 5.26 Å². The summed E-state index contributed by atoms with van der Waals surface area (Å²) in [5.41, 5.74) is -0.671. The summed E-state index contributed by atoms with van der Waals surface area (Å²) >= 11 is 0. The second kappa shape index (κ2) is 6.92. The Bertz CT molecular complexity index is 691. The minimum atomic E-state index is -1.01. The van der Waals surface area contributed by atoms with Gasteiger partial charge in [0.1, 0.15) is 5.60 Å². The molecule has 1 aliphatic carbocycles. The van der Waals surface area contributed by atoms with Crippen molar-refractivity contribution in [3.05, 3.63) is 35.9 Å². The number of ether oxygens (including phenoxy) is 1. The van der Waals surface area contributed by atoms with Crippen LogP contribution >= 0.6 is 0 Å². The number of amides is 1. The molecular weight excluding hydrogens is 328 g/mol. The van der Waals surface area contributed by atoms with E-state index in [-0.39, 0.29) is 23.8 Å². The molecule has 1 saturated heterocycles. The highest BCUT2D eigenvalue weighted by Crippen LogP contribution is 2.51. The van der Waals surface area contributed by atoms with E-state index in [0.717, 1.165) is 12.0 Å². The average molecular weight is 356 g/mol. The van der Waals surface area contributed by atoms with Gasteiger partial charge >= 0.3 is 6.09 Å². The SMILES string of the molecule is CC(C)(C)OC(=O)N1CC2CC(CC#N)CC(O)(c3ccccc3)C2C1. The number of nitriles is 1. The minimum absolute atomic E-state index is 0.0349. The number of carbonyl (C=O) groups is 1. The summed E-state index contributed by atoms with van der Waals surface area (Å²) in [6.45, 7) is 6.65. The van der Waals surface area contributed by atoms with Gasteiger partial charge in [-0.1, -0.05) is 30.3 Å². The van der Waals surface area contributed by atoms with Crippen LogP contribution in [0.3, 0.4) is 0 Å². The van der Waals surface area contributed by atoms with Gasteiger partial charge in [0.2, 0.25) is 0 Å². The highest BCUT2D eigenvalue weighted by molar-refractivity contribution is 5.68. The molecule has 1 heterocycles. The number of aliphatic hydroxyl groups is 1. The van der Waals surface area contributed by atoms with Crippen molar-refractivity contribution in [2.75, 3.05) is 13.1 Å². The van der Waals surface area contributed by atoms with E-state index < -0.39 is 11.2 Å². The van der Waals surface area contributed by atoms with E-state index in [1.165, 1.54) is 0 Å². The predicted octanol–water partition coefficient (Wildman–Crippen LogP) is 3.68. The molecule has 4 unspecified atom stereocenters. The standard InChI is InChI=1S/C21H28N2O3/c1-20(2,3)26-19(24)23-13-16-11-15(9-10-22)12-21(25,18(16)14-23)17-7-5-4-6-8-17/h4-8,15-16,18,25H,9,11-14H2,1-3H3. The maximum atomic E-state index is 12.5. The van der Waals surface area contributed by atoms with Crippen molar-refractivity contribution in [2.45, 2.75) is 51.2 Å². The van der Waals surface area contributed by atoms with Gasteiger partial charge in [-0.3, -0.25) is 0 Å². The molecule has 2 fully saturated rings. The molecule has 1 aliphatic heterocycles. The van der Waals surface area contributed by atoms with Gasteiger partial charge in [-0.25, -0.2) is 4.79 Å². The van der Waals surface area contributed by atoms with Gasteiger partial charge in [0.25, 0.3) is 0 Å². The van der Waals surface area contributed by atoms with E-state index >= 15 is 0 Å². The fourth-order valence-corrected chi connectivity index (χ4v) is 4.57. The van der Waals surface area contributed by atoms with Gasteiger partial charge in [0.05, 0.1) is 11.7 Å². The zero-order chi connectivity index (χ0) is 18.9. The van der Waals surface area contributed by atoms with Crippen molar-refractivity contribution in [3.63, 3.8) is 0 Å². The first-order chi connectivity index (χ1) is 12.2. The fraction of sp³-hybridized carbons (Fsp3) is 0.619. The molecule has 4 atom stereocenters. The van der Waals surface area contributed by atoms with E-state index in [4.69, 9.17) is 10.00 Å². The fourth-order valence-electron chi connectivity index (χ4n) is 4.57. The van der Waals surface area contributed by atoms with Gasteiger partial charge < -0.3 is 14.7 Å². The average Bonchev–Trinajstić information content (AvgIpc) is 3.00. The van der Waals surface area contributed by atoms with Gasteiger partial charge in [0, 0.05) is 25.4 Å². The molecule has 1 N–H and O–H groups in total. The number of rotatable bonds is 2. The Labute approximate surface area is 155 Å². The number of hydrogen-bond donors (Lipinski definition) is 1. The molecule has 3 rings (SSSR count). The topological polar surface area (TPSA) is 73.6 Å². The molecule has 5 nitrogen and oxygen atoms in total. The number of hydrogen-bond acceptors (Lipinski definition) is 4. The highest BCUT2D eigenvalue weighted by Gasteiger charge is 2.53. The molecule has 5 heteroatoms. The highest BCUT2D eigenvalue weighted by atomic mass is 16.6. The third kappa shape index (κ3) is 3.71. The second-order valence-electron chi connectivity index (χ2n) is 8.71. The van der Waals surface area contributed by atoms with Crippen LogP contribution in [0.15, 0.2) is 30.3 Å². The Morgan fingerprint density at radius 3 is 2.65 bits per heavy atom. The van der Waals surface area contributed by atoms with E-state index in [9.17, 15) is 9.90 Å². The molecular formula is C21H28N2O3. The lowest BCUT2D eigenvalue weighted by Crippen LogP contribution is -2.45. The van der Waals surface area contributed by atoms with Gasteiger partial charge in [-0.05, 0) is 51.0 Å². The van der Waals surface area contributed by atoms with Crippen molar-refractivity contribution >= 4 is 6.09 Å². The molecule has 1 aromatic carbocycles. The number of likely N-dealkylation sites (tertiary alicyclic amines) is 1. The number of nitrogens with zero attached hydrogens (tertiary/aromatic N) is 2. The number of fused-ring (bicyclic) bond motifs is 1. The molecule has 1 aromatic rings. The Balaban J connectivity index is 1.86. The largest absolute Gasteiger partial charge is 0.444 e. The number of benzene rings is 1. The normalized spacial score (nSPS) is 31.2. The van der Waals surface area contributed by atoms with Crippen LogP contribution in [0.1, 0.15) is 45.6 Å². The molecule has 26 heavy (non-hydrogen) atoms. The molecule has 0 aromatic heterocycles. The van der Waals surface area contributed by atoms with Crippen LogP contribution in [-0.4, -0.2) is 34.8 Å². The van der Waals surface area contributed by atoms with E-state index in [0.29, 0.717) is 25.9 Å². The zero-order valence-electron chi connectivity index (χ0n) is 15.8. The van der Waals surface area contributed by atoms with Gasteiger partial charge in [-0.15, -0.1) is 0 Å². The first kappa shape index (κ1) is 18.7. The molecule has 1 amide bonds. The van der Waals surface area contributed by atoms with E-state index in [1.807, 2.05) is 51.1 Å². The molecule has 0 spiro atoms. The Kier molecular flexibility index (Phi) is 4.98. The van der Waals surface area contributed by atoms with Crippen molar-refractivity contribution in [1.82, 2.24) is 4.90 Å². The summed E-state index contributed by atoms with van der Waals surface area (Å²) in [5, 5.41) is 20.8. The Hall–Kier alpha value is -2.06. The summed E-state index contributed by atoms with van der Waals surface area (Å²) in [5.74, 6) is 0.289. The third-order valence-corrected chi connectivity index (χ3v) is 5.60. The third-order valence-electron chi connectivity index (χ3n) is 5.60. The van der Waals surface area contributed by atoms with Crippen molar-refractivity contribution < 1.29 is 14.6 Å². The maximum Gasteiger partial charge on any atom is 0.410 e. The smallest absolute Gasteiger partial charge is 0.410 e. The quantitative estimate of drug-likeness (QED) is 0.877.